The summed E-state index contributed by atoms with van der Waals surface area (Å²) in [5, 5.41) is 4.66. The summed E-state index contributed by atoms with van der Waals surface area (Å²) in [5.74, 6) is -0.912. The number of hydrogen-bond donors (Lipinski definition) is 1. The van der Waals surface area contributed by atoms with Crippen molar-refractivity contribution >= 4 is 17.2 Å². The molecule has 2 rings (SSSR count). The Kier molecular flexibility index (Phi) is 4.04. The number of alkyl halides is 3. The third kappa shape index (κ3) is 3.44. The number of rotatable bonds is 4. The molecule has 0 radical (unpaired) electrons. The van der Waals surface area contributed by atoms with Gasteiger partial charge in [-0.25, -0.2) is 9.97 Å². The predicted octanol–water partition coefficient (Wildman–Crippen LogP) is 4.05. The van der Waals surface area contributed by atoms with Gasteiger partial charge in [-0.2, -0.15) is 13.2 Å². The van der Waals surface area contributed by atoms with Gasteiger partial charge in [0.1, 0.15) is 5.82 Å². The molecule has 0 aliphatic carbocycles. The maximum atomic E-state index is 12.8. The monoisotopic (exact) mass is 287 g/mol. The zero-order valence-electron chi connectivity index (χ0n) is 10.2. The van der Waals surface area contributed by atoms with Gasteiger partial charge in [0.05, 0.1) is 10.6 Å². The number of halogens is 3. The number of anilines is 1. The van der Waals surface area contributed by atoms with Crippen LogP contribution in [0.3, 0.4) is 0 Å². The lowest BCUT2D eigenvalue weighted by molar-refractivity contribution is -0.144. The molecular weight excluding hydrogens is 275 g/mol. The molecular formula is C12H12F3N3S. The molecule has 1 N–H and O–H groups in total. The molecule has 0 unspecified atom stereocenters. The first kappa shape index (κ1) is 13.8. The van der Waals surface area contributed by atoms with Gasteiger partial charge in [0, 0.05) is 12.6 Å². The van der Waals surface area contributed by atoms with E-state index < -0.39 is 12.0 Å². The lowest BCUT2D eigenvalue weighted by Crippen LogP contribution is -2.14. The van der Waals surface area contributed by atoms with Crippen LogP contribution < -0.4 is 5.32 Å². The fraction of sp³-hybridized carbons (Fsp3) is 0.333. The van der Waals surface area contributed by atoms with E-state index in [2.05, 4.69) is 15.3 Å². The number of nitrogens with one attached hydrogen (secondary N) is 1. The number of aromatic nitrogens is 2. The predicted molar refractivity (Wildman–Crippen MR) is 69.1 cm³/mol. The summed E-state index contributed by atoms with van der Waals surface area (Å²) in [7, 11) is 0. The van der Waals surface area contributed by atoms with Crippen molar-refractivity contribution in [2.24, 2.45) is 0 Å². The average Bonchev–Trinajstić information content (AvgIpc) is 2.89. The molecule has 0 saturated carbocycles. The van der Waals surface area contributed by atoms with Crippen LogP contribution in [0.1, 0.15) is 19.2 Å². The normalized spacial score (nSPS) is 11.6. The Balaban J connectivity index is 2.43. The van der Waals surface area contributed by atoms with Crippen LogP contribution in [0.5, 0.6) is 0 Å². The largest absolute Gasteiger partial charge is 0.451 e. The number of thiophene rings is 1. The summed E-state index contributed by atoms with van der Waals surface area (Å²) in [6.45, 7) is 2.50. The Labute approximate surface area is 112 Å². The van der Waals surface area contributed by atoms with Gasteiger partial charge in [0.15, 0.2) is 0 Å². The van der Waals surface area contributed by atoms with Crippen molar-refractivity contribution in [1.82, 2.24) is 9.97 Å². The molecule has 0 atom stereocenters. The van der Waals surface area contributed by atoms with E-state index >= 15 is 0 Å². The highest BCUT2D eigenvalue weighted by atomic mass is 32.1. The minimum absolute atomic E-state index is 0.201. The van der Waals surface area contributed by atoms with Gasteiger partial charge in [-0.1, -0.05) is 13.0 Å². The van der Waals surface area contributed by atoms with Crippen LogP contribution in [0.15, 0.2) is 23.6 Å². The highest BCUT2D eigenvalue weighted by molar-refractivity contribution is 7.13. The third-order valence-electron chi connectivity index (χ3n) is 2.31. The van der Waals surface area contributed by atoms with Gasteiger partial charge in [0.25, 0.3) is 0 Å². The second-order valence-electron chi connectivity index (χ2n) is 3.86. The van der Waals surface area contributed by atoms with Crippen LogP contribution in [0.25, 0.3) is 10.6 Å². The topological polar surface area (TPSA) is 37.8 Å². The third-order valence-corrected chi connectivity index (χ3v) is 3.20. The van der Waals surface area contributed by atoms with E-state index in [4.69, 9.17) is 0 Å². The number of hydrogen-bond acceptors (Lipinski definition) is 4. The van der Waals surface area contributed by atoms with Gasteiger partial charge in [-0.05, 0) is 17.9 Å². The Morgan fingerprint density at radius 2 is 2.11 bits per heavy atom. The summed E-state index contributed by atoms with van der Waals surface area (Å²) in [6.07, 6.45) is -3.74. The average molecular weight is 287 g/mol. The molecule has 102 valence electrons. The maximum Gasteiger partial charge on any atom is 0.451 e. The van der Waals surface area contributed by atoms with Gasteiger partial charge >= 0.3 is 6.18 Å². The lowest BCUT2D eigenvalue weighted by atomic mass is 10.3. The van der Waals surface area contributed by atoms with E-state index in [9.17, 15) is 13.2 Å². The van der Waals surface area contributed by atoms with Crippen molar-refractivity contribution in [3.05, 3.63) is 29.4 Å². The summed E-state index contributed by atoms with van der Waals surface area (Å²) < 4.78 is 38.3. The summed E-state index contributed by atoms with van der Waals surface area (Å²) in [4.78, 5) is 7.79. The maximum absolute atomic E-state index is 12.8. The van der Waals surface area contributed by atoms with Gasteiger partial charge < -0.3 is 5.32 Å². The molecule has 0 saturated heterocycles. The van der Waals surface area contributed by atoms with Gasteiger partial charge in [-0.3, -0.25) is 0 Å². The smallest absolute Gasteiger partial charge is 0.370 e. The molecule has 0 amide bonds. The fourth-order valence-corrected chi connectivity index (χ4v) is 2.15. The van der Waals surface area contributed by atoms with Crippen LogP contribution >= 0.6 is 11.3 Å². The molecule has 0 aromatic carbocycles. The van der Waals surface area contributed by atoms with Crippen LogP contribution in [0, 0.1) is 0 Å². The fourth-order valence-electron chi connectivity index (χ4n) is 1.47. The first-order chi connectivity index (χ1) is 9.00. The van der Waals surface area contributed by atoms with E-state index in [-0.39, 0.29) is 11.5 Å². The molecule has 3 nitrogen and oxygen atoms in total. The van der Waals surface area contributed by atoms with Gasteiger partial charge in [0.2, 0.25) is 5.82 Å². The zero-order chi connectivity index (χ0) is 13.9. The molecule has 0 fully saturated rings. The molecule has 2 aromatic rings. The van der Waals surface area contributed by atoms with Crippen molar-refractivity contribution in [3.8, 4) is 10.6 Å². The van der Waals surface area contributed by atoms with E-state index in [0.717, 1.165) is 6.42 Å². The standard InChI is InChI=1S/C12H12F3N3S/c1-2-5-16-10-7-8(9-4-3-6-19-9)17-11(18-10)12(13,14)15/h3-4,6-7H,2,5H2,1H3,(H,16,17,18). The SMILES string of the molecule is CCCNc1cc(-c2cccs2)nc(C(F)(F)F)n1. The molecule has 0 aliphatic rings. The van der Waals surface area contributed by atoms with E-state index in [1.165, 1.54) is 17.4 Å². The van der Waals surface area contributed by atoms with Crippen molar-refractivity contribution in [2.45, 2.75) is 19.5 Å². The second-order valence-corrected chi connectivity index (χ2v) is 4.81. The highest BCUT2D eigenvalue weighted by Crippen LogP contribution is 2.31. The molecule has 2 aromatic heterocycles. The van der Waals surface area contributed by atoms with Crippen LogP contribution in [-0.4, -0.2) is 16.5 Å². The lowest BCUT2D eigenvalue weighted by Gasteiger charge is -2.10. The quantitative estimate of drug-likeness (QED) is 0.922. The van der Waals surface area contributed by atoms with E-state index in [1.807, 2.05) is 6.92 Å². The van der Waals surface area contributed by atoms with E-state index in [0.29, 0.717) is 11.4 Å². The molecule has 0 aliphatic heterocycles. The minimum atomic E-state index is -4.55. The second kappa shape index (κ2) is 5.56. The van der Waals surface area contributed by atoms with Crippen LogP contribution in [0.4, 0.5) is 19.0 Å². The Bertz CT molecular complexity index is 538. The Morgan fingerprint density at radius 3 is 2.68 bits per heavy atom. The molecule has 7 heteroatoms. The van der Waals surface area contributed by atoms with Gasteiger partial charge in [-0.15, -0.1) is 11.3 Å². The molecule has 19 heavy (non-hydrogen) atoms. The van der Waals surface area contributed by atoms with Crippen LogP contribution in [-0.2, 0) is 6.18 Å². The number of nitrogens with zero attached hydrogens (tertiary/aromatic N) is 2. The van der Waals surface area contributed by atoms with Crippen molar-refractivity contribution in [1.29, 1.82) is 0 Å². The van der Waals surface area contributed by atoms with Crippen molar-refractivity contribution < 1.29 is 13.2 Å². The molecule has 0 bridgehead atoms. The first-order valence-electron chi connectivity index (χ1n) is 5.74. The Morgan fingerprint density at radius 1 is 1.32 bits per heavy atom. The molecule has 2 heterocycles. The van der Waals surface area contributed by atoms with Crippen LogP contribution in [0.2, 0.25) is 0 Å². The summed E-state index contributed by atoms with van der Waals surface area (Å²) in [6, 6.07) is 5.04. The summed E-state index contributed by atoms with van der Waals surface area (Å²) >= 11 is 1.34. The first-order valence-corrected chi connectivity index (χ1v) is 6.62. The minimum Gasteiger partial charge on any atom is -0.370 e. The van der Waals surface area contributed by atoms with E-state index in [1.54, 1.807) is 17.5 Å². The summed E-state index contributed by atoms with van der Waals surface area (Å²) in [5.41, 5.74) is 0.288. The molecule has 0 spiro atoms. The zero-order valence-corrected chi connectivity index (χ0v) is 11.0. The Hall–Kier alpha value is -1.63. The van der Waals surface area contributed by atoms with Crippen molar-refractivity contribution in [2.75, 3.05) is 11.9 Å². The highest BCUT2D eigenvalue weighted by Gasteiger charge is 2.35. The van der Waals surface area contributed by atoms with Crippen molar-refractivity contribution in [3.63, 3.8) is 0 Å².